The molecule has 2 rings (SSSR count). The predicted molar refractivity (Wildman–Crippen MR) is 86.9 cm³/mol. The summed E-state index contributed by atoms with van der Waals surface area (Å²) in [5.74, 6) is 1.01. The van der Waals surface area contributed by atoms with Crippen LogP contribution in [-0.4, -0.2) is 36.6 Å². The SMILES string of the molecule is CSc1cc2c(cc1CN[C@@H](CC(C)C)C(=O)O)OCCO2. The lowest BCUT2D eigenvalue weighted by atomic mass is 10.0. The standard InChI is InChI=1S/C16H23NO4S/c1-10(2)6-12(16(18)19)17-9-11-7-13-14(8-15(11)22-3)21-5-4-20-13/h7-8,10,12,17H,4-6,9H2,1-3H3,(H,18,19)/t12-/m0/s1. The molecular weight excluding hydrogens is 302 g/mol. The van der Waals surface area contributed by atoms with E-state index in [2.05, 4.69) is 5.32 Å². The third-order valence-corrected chi connectivity index (χ3v) is 4.31. The molecule has 1 aromatic carbocycles. The summed E-state index contributed by atoms with van der Waals surface area (Å²) < 4.78 is 11.2. The molecular formula is C16H23NO4S. The van der Waals surface area contributed by atoms with Gasteiger partial charge in [-0.2, -0.15) is 0 Å². The maximum Gasteiger partial charge on any atom is 0.320 e. The molecule has 0 saturated carbocycles. The number of carbonyl (C=O) groups is 1. The summed E-state index contributed by atoms with van der Waals surface area (Å²) in [6.07, 6.45) is 2.60. The van der Waals surface area contributed by atoms with Gasteiger partial charge < -0.3 is 19.9 Å². The molecule has 22 heavy (non-hydrogen) atoms. The Morgan fingerprint density at radius 2 is 1.95 bits per heavy atom. The molecule has 2 N–H and O–H groups in total. The topological polar surface area (TPSA) is 67.8 Å². The number of hydrogen-bond donors (Lipinski definition) is 2. The van der Waals surface area contributed by atoms with Gasteiger partial charge in [-0.25, -0.2) is 0 Å². The van der Waals surface area contributed by atoms with E-state index in [1.54, 1.807) is 11.8 Å². The van der Waals surface area contributed by atoms with Crippen LogP contribution in [0.15, 0.2) is 17.0 Å². The van der Waals surface area contributed by atoms with E-state index in [9.17, 15) is 9.90 Å². The number of aliphatic carboxylic acids is 1. The summed E-state index contributed by atoms with van der Waals surface area (Å²) in [6, 6.07) is 3.37. The van der Waals surface area contributed by atoms with Crippen molar-refractivity contribution in [1.82, 2.24) is 5.32 Å². The molecule has 122 valence electrons. The zero-order valence-corrected chi connectivity index (χ0v) is 14.0. The number of carboxylic acid groups (broad SMARTS) is 1. The Labute approximate surface area is 135 Å². The van der Waals surface area contributed by atoms with Crippen molar-refractivity contribution in [1.29, 1.82) is 0 Å². The lowest BCUT2D eigenvalue weighted by Gasteiger charge is -2.22. The lowest BCUT2D eigenvalue weighted by molar-refractivity contribution is -0.140. The molecule has 1 aromatic rings. The van der Waals surface area contributed by atoms with Gasteiger partial charge in [0, 0.05) is 11.4 Å². The molecule has 1 aliphatic rings. The molecule has 1 heterocycles. The summed E-state index contributed by atoms with van der Waals surface area (Å²) in [5.41, 5.74) is 1.03. The number of rotatable bonds is 7. The van der Waals surface area contributed by atoms with Gasteiger partial charge in [-0.1, -0.05) is 13.8 Å². The number of carboxylic acids is 1. The highest BCUT2D eigenvalue weighted by Gasteiger charge is 2.20. The Balaban J connectivity index is 2.12. The molecule has 0 spiro atoms. The number of benzene rings is 1. The van der Waals surface area contributed by atoms with Crippen LogP contribution in [0.5, 0.6) is 11.5 Å². The Morgan fingerprint density at radius 3 is 2.50 bits per heavy atom. The number of hydrogen-bond acceptors (Lipinski definition) is 5. The Hall–Kier alpha value is -1.40. The normalized spacial score (nSPS) is 14.9. The van der Waals surface area contributed by atoms with Crippen LogP contribution in [0.25, 0.3) is 0 Å². The van der Waals surface area contributed by atoms with Gasteiger partial charge in [0.25, 0.3) is 0 Å². The highest BCUT2D eigenvalue weighted by Crippen LogP contribution is 2.36. The van der Waals surface area contributed by atoms with Crippen LogP contribution in [-0.2, 0) is 11.3 Å². The highest BCUT2D eigenvalue weighted by atomic mass is 32.2. The van der Waals surface area contributed by atoms with Gasteiger partial charge in [-0.15, -0.1) is 11.8 Å². The average Bonchev–Trinajstić information content (AvgIpc) is 2.49. The molecule has 0 bridgehead atoms. The van der Waals surface area contributed by atoms with E-state index in [-0.39, 0.29) is 0 Å². The fourth-order valence-corrected chi connectivity index (χ4v) is 3.03. The minimum absolute atomic E-state index is 0.328. The Kier molecular flexibility index (Phi) is 5.97. The van der Waals surface area contributed by atoms with Crippen LogP contribution in [0, 0.1) is 5.92 Å². The van der Waals surface area contributed by atoms with Crippen LogP contribution in [0.4, 0.5) is 0 Å². The van der Waals surface area contributed by atoms with E-state index in [0.717, 1.165) is 22.0 Å². The third kappa shape index (κ3) is 4.30. The Bertz CT molecular complexity index is 533. The number of fused-ring (bicyclic) bond motifs is 1. The van der Waals surface area contributed by atoms with Crippen molar-refractivity contribution in [3.8, 4) is 11.5 Å². The van der Waals surface area contributed by atoms with Gasteiger partial charge in [0.05, 0.1) is 0 Å². The molecule has 0 amide bonds. The minimum atomic E-state index is -0.808. The number of ether oxygens (including phenoxy) is 2. The second-order valence-corrected chi connectivity index (χ2v) is 6.56. The summed E-state index contributed by atoms with van der Waals surface area (Å²) in [4.78, 5) is 12.4. The molecule has 6 heteroatoms. The van der Waals surface area contributed by atoms with Gasteiger partial charge in [0.1, 0.15) is 19.3 Å². The molecule has 0 aliphatic carbocycles. The maximum absolute atomic E-state index is 11.3. The molecule has 0 unspecified atom stereocenters. The van der Waals surface area contributed by atoms with E-state index in [1.165, 1.54) is 0 Å². The van der Waals surface area contributed by atoms with E-state index >= 15 is 0 Å². The van der Waals surface area contributed by atoms with Crippen LogP contribution >= 0.6 is 11.8 Å². The van der Waals surface area contributed by atoms with Crippen LogP contribution in [0.2, 0.25) is 0 Å². The van der Waals surface area contributed by atoms with Gasteiger partial charge >= 0.3 is 5.97 Å². The van der Waals surface area contributed by atoms with E-state index < -0.39 is 12.0 Å². The molecule has 1 aliphatic heterocycles. The predicted octanol–water partition coefficient (Wildman–Crippen LogP) is 2.77. The van der Waals surface area contributed by atoms with Crippen molar-refractivity contribution in [3.05, 3.63) is 17.7 Å². The first-order valence-corrected chi connectivity index (χ1v) is 8.66. The summed E-state index contributed by atoms with van der Waals surface area (Å²) >= 11 is 1.62. The molecule has 1 atom stereocenters. The maximum atomic E-state index is 11.3. The zero-order chi connectivity index (χ0) is 16.1. The van der Waals surface area contributed by atoms with E-state index in [0.29, 0.717) is 32.1 Å². The molecule has 0 saturated heterocycles. The van der Waals surface area contributed by atoms with Crippen molar-refractivity contribution in [3.63, 3.8) is 0 Å². The van der Waals surface area contributed by atoms with Crippen molar-refractivity contribution in [2.75, 3.05) is 19.5 Å². The molecule has 0 fully saturated rings. The smallest absolute Gasteiger partial charge is 0.320 e. The largest absolute Gasteiger partial charge is 0.486 e. The minimum Gasteiger partial charge on any atom is -0.486 e. The van der Waals surface area contributed by atoms with Crippen LogP contribution in [0.3, 0.4) is 0 Å². The zero-order valence-electron chi connectivity index (χ0n) is 13.2. The van der Waals surface area contributed by atoms with Crippen molar-refractivity contribution in [2.24, 2.45) is 5.92 Å². The molecule has 0 radical (unpaired) electrons. The molecule has 5 nitrogen and oxygen atoms in total. The van der Waals surface area contributed by atoms with E-state index in [1.807, 2.05) is 32.2 Å². The van der Waals surface area contributed by atoms with Crippen molar-refractivity contribution >= 4 is 17.7 Å². The second-order valence-electron chi connectivity index (χ2n) is 5.71. The lowest BCUT2D eigenvalue weighted by Crippen LogP contribution is -2.37. The van der Waals surface area contributed by atoms with Gasteiger partial charge in [0.15, 0.2) is 11.5 Å². The summed E-state index contributed by atoms with van der Waals surface area (Å²) in [7, 11) is 0. The van der Waals surface area contributed by atoms with Crippen LogP contribution in [0.1, 0.15) is 25.8 Å². The van der Waals surface area contributed by atoms with Crippen molar-refractivity contribution < 1.29 is 19.4 Å². The van der Waals surface area contributed by atoms with Gasteiger partial charge in [0.2, 0.25) is 0 Å². The van der Waals surface area contributed by atoms with Gasteiger partial charge in [-0.3, -0.25) is 4.79 Å². The third-order valence-electron chi connectivity index (χ3n) is 3.49. The Morgan fingerprint density at radius 1 is 1.32 bits per heavy atom. The van der Waals surface area contributed by atoms with E-state index in [4.69, 9.17) is 9.47 Å². The highest BCUT2D eigenvalue weighted by molar-refractivity contribution is 7.98. The van der Waals surface area contributed by atoms with Crippen LogP contribution < -0.4 is 14.8 Å². The fraction of sp³-hybridized carbons (Fsp3) is 0.562. The van der Waals surface area contributed by atoms with Gasteiger partial charge in [-0.05, 0) is 36.3 Å². The number of nitrogens with one attached hydrogen (secondary N) is 1. The monoisotopic (exact) mass is 325 g/mol. The first-order valence-electron chi connectivity index (χ1n) is 7.44. The first kappa shape index (κ1) is 17.0. The number of thioether (sulfide) groups is 1. The summed E-state index contributed by atoms with van der Waals surface area (Å²) in [5, 5.41) is 12.4. The van der Waals surface area contributed by atoms with Crippen molar-refractivity contribution in [2.45, 2.75) is 37.8 Å². The average molecular weight is 325 g/mol. The first-order chi connectivity index (χ1) is 10.5. The molecule has 0 aromatic heterocycles. The fourth-order valence-electron chi connectivity index (χ4n) is 2.42. The second kappa shape index (κ2) is 7.74. The quantitative estimate of drug-likeness (QED) is 0.752. The summed E-state index contributed by atoms with van der Waals surface area (Å²) in [6.45, 7) is 5.65.